The fraction of sp³-hybridized carbons (Fsp3) is 0.480. The van der Waals surface area contributed by atoms with Crippen LogP contribution < -0.4 is 14.8 Å². The minimum Gasteiger partial charge on any atom is -0.494 e. The summed E-state index contributed by atoms with van der Waals surface area (Å²) in [4.78, 5) is 12.5. The van der Waals surface area contributed by atoms with E-state index in [1.807, 2.05) is 31.2 Å². The van der Waals surface area contributed by atoms with E-state index in [-0.39, 0.29) is 5.91 Å². The first-order chi connectivity index (χ1) is 14.7. The Labute approximate surface area is 179 Å². The lowest BCUT2D eigenvalue weighted by Gasteiger charge is -2.21. The third-order valence-corrected chi connectivity index (χ3v) is 5.45. The standard InChI is InChI=1S/C25H33NO4/c1-2-28-18-19-30-23-12-8-21(9-13-23)25(27)26-22-10-14-24(15-11-22)29-17-16-20-6-4-3-5-7-20/h8-15,20H,2-7,16-19H2,1H3,(H,26,27). The van der Waals surface area contributed by atoms with Gasteiger partial charge in [0.2, 0.25) is 0 Å². The highest BCUT2D eigenvalue weighted by Gasteiger charge is 2.13. The Balaban J connectivity index is 1.41. The summed E-state index contributed by atoms with van der Waals surface area (Å²) < 4.78 is 16.7. The van der Waals surface area contributed by atoms with Crippen LogP contribution in [0.5, 0.6) is 11.5 Å². The third kappa shape index (κ3) is 7.38. The Bertz CT molecular complexity index is 752. The van der Waals surface area contributed by atoms with Gasteiger partial charge in [-0.05, 0) is 67.8 Å². The lowest BCUT2D eigenvalue weighted by Crippen LogP contribution is -2.12. The molecule has 30 heavy (non-hydrogen) atoms. The van der Waals surface area contributed by atoms with Crippen LogP contribution in [0.3, 0.4) is 0 Å². The van der Waals surface area contributed by atoms with Gasteiger partial charge in [0.1, 0.15) is 18.1 Å². The van der Waals surface area contributed by atoms with E-state index in [0.29, 0.717) is 25.4 Å². The normalized spacial score (nSPS) is 14.3. The van der Waals surface area contributed by atoms with Gasteiger partial charge in [0.25, 0.3) is 5.91 Å². The maximum absolute atomic E-state index is 12.5. The summed E-state index contributed by atoms with van der Waals surface area (Å²) in [5, 5.41) is 2.92. The molecule has 1 saturated carbocycles. The lowest BCUT2D eigenvalue weighted by atomic mass is 9.87. The lowest BCUT2D eigenvalue weighted by molar-refractivity contribution is 0.102. The van der Waals surface area contributed by atoms with Crippen molar-refractivity contribution in [1.82, 2.24) is 0 Å². The highest BCUT2D eigenvalue weighted by atomic mass is 16.5. The zero-order valence-corrected chi connectivity index (χ0v) is 17.9. The first kappa shape index (κ1) is 22.2. The zero-order chi connectivity index (χ0) is 21.0. The number of ether oxygens (including phenoxy) is 3. The maximum Gasteiger partial charge on any atom is 0.255 e. The van der Waals surface area contributed by atoms with Gasteiger partial charge in [0, 0.05) is 17.9 Å². The largest absolute Gasteiger partial charge is 0.494 e. The smallest absolute Gasteiger partial charge is 0.255 e. The number of hydrogen-bond acceptors (Lipinski definition) is 4. The molecular formula is C25H33NO4. The molecule has 1 N–H and O–H groups in total. The topological polar surface area (TPSA) is 56.8 Å². The van der Waals surface area contributed by atoms with Gasteiger partial charge in [-0.2, -0.15) is 0 Å². The van der Waals surface area contributed by atoms with Crippen LogP contribution in [-0.2, 0) is 4.74 Å². The second kappa shape index (κ2) is 12.2. The minimum atomic E-state index is -0.151. The second-order valence-electron chi connectivity index (χ2n) is 7.69. The zero-order valence-electron chi connectivity index (χ0n) is 17.9. The van der Waals surface area contributed by atoms with Crippen molar-refractivity contribution < 1.29 is 19.0 Å². The van der Waals surface area contributed by atoms with E-state index in [4.69, 9.17) is 14.2 Å². The average Bonchev–Trinajstić information content (AvgIpc) is 2.79. The van der Waals surface area contributed by atoms with Crippen molar-refractivity contribution in [1.29, 1.82) is 0 Å². The fourth-order valence-corrected chi connectivity index (χ4v) is 3.72. The number of carbonyl (C=O) groups excluding carboxylic acids is 1. The van der Waals surface area contributed by atoms with Crippen molar-refractivity contribution in [3.63, 3.8) is 0 Å². The molecule has 2 aromatic carbocycles. The van der Waals surface area contributed by atoms with Crippen molar-refractivity contribution in [3.8, 4) is 11.5 Å². The van der Waals surface area contributed by atoms with Gasteiger partial charge in [-0.15, -0.1) is 0 Å². The summed E-state index contributed by atoms with van der Waals surface area (Å²) in [6.45, 7) is 4.44. The van der Waals surface area contributed by atoms with Crippen molar-refractivity contribution >= 4 is 11.6 Å². The Morgan fingerprint density at radius 2 is 1.50 bits per heavy atom. The quantitative estimate of drug-likeness (QED) is 0.482. The Morgan fingerprint density at radius 3 is 2.17 bits per heavy atom. The molecule has 0 radical (unpaired) electrons. The number of anilines is 1. The van der Waals surface area contributed by atoms with Gasteiger partial charge < -0.3 is 19.5 Å². The summed E-state index contributed by atoms with van der Waals surface area (Å²) in [5.41, 5.74) is 1.33. The van der Waals surface area contributed by atoms with E-state index >= 15 is 0 Å². The molecule has 0 bridgehead atoms. The van der Waals surface area contributed by atoms with Crippen molar-refractivity contribution in [3.05, 3.63) is 54.1 Å². The highest BCUT2D eigenvalue weighted by molar-refractivity contribution is 6.04. The molecule has 0 aromatic heterocycles. The Hall–Kier alpha value is -2.53. The fourth-order valence-electron chi connectivity index (χ4n) is 3.72. The highest BCUT2D eigenvalue weighted by Crippen LogP contribution is 2.26. The number of rotatable bonds is 11. The molecule has 162 valence electrons. The molecular weight excluding hydrogens is 378 g/mol. The molecule has 3 rings (SSSR count). The maximum atomic E-state index is 12.5. The van der Waals surface area contributed by atoms with Gasteiger partial charge in [0.15, 0.2) is 0 Å². The molecule has 0 spiro atoms. The van der Waals surface area contributed by atoms with Crippen LogP contribution in [0.1, 0.15) is 55.8 Å². The van der Waals surface area contributed by atoms with Crippen LogP contribution in [0.2, 0.25) is 0 Å². The molecule has 1 fully saturated rings. The van der Waals surface area contributed by atoms with Crippen LogP contribution in [-0.4, -0.2) is 32.3 Å². The third-order valence-electron chi connectivity index (χ3n) is 5.45. The minimum absolute atomic E-state index is 0.151. The molecule has 1 amide bonds. The van der Waals surface area contributed by atoms with Crippen molar-refractivity contribution in [2.24, 2.45) is 5.92 Å². The van der Waals surface area contributed by atoms with Gasteiger partial charge in [-0.3, -0.25) is 4.79 Å². The van der Waals surface area contributed by atoms with Crippen LogP contribution >= 0.6 is 0 Å². The molecule has 1 aliphatic rings. The summed E-state index contributed by atoms with van der Waals surface area (Å²) in [7, 11) is 0. The van der Waals surface area contributed by atoms with Crippen LogP contribution in [0.4, 0.5) is 5.69 Å². The van der Waals surface area contributed by atoms with Crippen LogP contribution in [0.25, 0.3) is 0 Å². The summed E-state index contributed by atoms with van der Waals surface area (Å²) in [6, 6.07) is 14.7. The SMILES string of the molecule is CCOCCOc1ccc(C(=O)Nc2ccc(OCCC3CCCCC3)cc2)cc1. The summed E-state index contributed by atoms with van der Waals surface area (Å²) in [6.07, 6.45) is 7.93. The molecule has 5 nitrogen and oxygen atoms in total. The summed E-state index contributed by atoms with van der Waals surface area (Å²) >= 11 is 0. The van der Waals surface area contributed by atoms with Crippen LogP contribution in [0.15, 0.2) is 48.5 Å². The number of amides is 1. The van der Waals surface area contributed by atoms with Crippen LogP contribution in [0, 0.1) is 5.92 Å². The second-order valence-corrected chi connectivity index (χ2v) is 7.69. The number of benzene rings is 2. The Morgan fingerprint density at radius 1 is 0.867 bits per heavy atom. The Kier molecular flexibility index (Phi) is 9.04. The number of nitrogens with one attached hydrogen (secondary N) is 1. The van der Waals surface area contributed by atoms with Gasteiger partial charge in [-0.1, -0.05) is 32.1 Å². The average molecular weight is 412 g/mol. The molecule has 0 unspecified atom stereocenters. The molecule has 0 saturated heterocycles. The number of hydrogen-bond donors (Lipinski definition) is 1. The molecule has 0 aliphatic heterocycles. The summed E-state index contributed by atoms with van der Waals surface area (Å²) in [5.74, 6) is 2.24. The van der Waals surface area contributed by atoms with Crippen molar-refractivity contribution in [2.45, 2.75) is 45.4 Å². The van der Waals surface area contributed by atoms with E-state index in [2.05, 4.69) is 5.32 Å². The van der Waals surface area contributed by atoms with Crippen molar-refractivity contribution in [2.75, 3.05) is 31.7 Å². The predicted molar refractivity (Wildman–Crippen MR) is 120 cm³/mol. The molecule has 5 heteroatoms. The van der Waals surface area contributed by atoms with Gasteiger partial charge in [-0.25, -0.2) is 0 Å². The van der Waals surface area contributed by atoms with E-state index in [1.54, 1.807) is 24.3 Å². The molecule has 0 heterocycles. The monoisotopic (exact) mass is 411 g/mol. The number of carbonyl (C=O) groups is 1. The van der Waals surface area contributed by atoms with E-state index in [0.717, 1.165) is 36.1 Å². The molecule has 0 atom stereocenters. The molecule has 1 aliphatic carbocycles. The van der Waals surface area contributed by atoms with E-state index in [1.165, 1.54) is 32.1 Å². The van der Waals surface area contributed by atoms with E-state index < -0.39 is 0 Å². The first-order valence-electron chi connectivity index (χ1n) is 11.1. The van der Waals surface area contributed by atoms with Gasteiger partial charge >= 0.3 is 0 Å². The first-order valence-corrected chi connectivity index (χ1v) is 11.1. The van der Waals surface area contributed by atoms with Gasteiger partial charge in [0.05, 0.1) is 13.2 Å². The molecule has 2 aromatic rings. The van der Waals surface area contributed by atoms with E-state index in [9.17, 15) is 4.79 Å². The predicted octanol–water partition coefficient (Wildman–Crippen LogP) is 5.70.